The van der Waals surface area contributed by atoms with Crippen LogP contribution in [-0.2, 0) is 30.6 Å². The summed E-state index contributed by atoms with van der Waals surface area (Å²) < 4.78 is 0. The van der Waals surface area contributed by atoms with Gasteiger partial charge in [-0.25, -0.2) is 0 Å². The molecule has 0 radical (unpaired) electrons. The minimum Gasteiger partial charge on any atom is -0.392 e. The van der Waals surface area contributed by atoms with Crippen LogP contribution in [-0.4, -0.2) is 58.2 Å². The molecule has 2 atom stereocenters. The van der Waals surface area contributed by atoms with Gasteiger partial charge in [-0.2, -0.15) is 0 Å². The van der Waals surface area contributed by atoms with Crippen LogP contribution in [0.4, 0.5) is 5.69 Å². The average Bonchev–Trinajstić information content (AvgIpc) is 3.04. The molecule has 10 nitrogen and oxygen atoms in total. The van der Waals surface area contributed by atoms with Gasteiger partial charge < -0.3 is 21.1 Å². The second-order valence-corrected chi connectivity index (χ2v) is 7.46. The van der Waals surface area contributed by atoms with Crippen LogP contribution in [0.2, 0.25) is 0 Å². The Morgan fingerprint density at radius 1 is 0.935 bits per heavy atom. The van der Waals surface area contributed by atoms with Gasteiger partial charge in [-0.3, -0.25) is 28.9 Å². The standard InChI is InChI=1S/C21H26N4O6/c1-12(2)19(24-16(27)10-25-17(28)8-9-18(25)29)21(31)22-13(3)20(30)23-15-6-4-14(11-26)5-7-15/h4-9,12-13,19,26H,10-11H2,1-3H3,(H,22,31)(H,23,30)(H,24,27)/t13-,19?/m0/s1. The molecule has 0 saturated carbocycles. The third kappa shape index (κ3) is 6.48. The quantitative estimate of drug-likeness (QED) is 0.396. The van der Waals surface area contributed by atoms with Crippen LogP contribution in [0, 0.1) is 5.92 Å². The number of anilines is 1. The molecule has 0 aromatic heterocycles. The second kappa shape index (κ2) is 10.5. The maximum atomic E-state index is 12.6. The first-order valence-corrected chi connectivity index (χ1v) is 9.76. The van der Waals surface area contributed by atoms with Gasteiger partial charge in [-0.05, 0) is 30.5 Å². The van der Waals surface area contributed by atoms with Crippen LogP contribution in [0.3, 0.4) is 0 Å². The highest BCUT2D eigenvalue weighted by Crippen LogP contribution is 2.10. The first-order valence-electron chi connectivity index (χ1n) is 9.76. The molecule has 1 unspecified atom stereocenters. The van der Waals surface area contributed by atoms with Gasteiger partial charge in [-0.1, -0.05) is 26.0 Å². The van der Waals surface area contributed by atoms with Crippen molar-refractivity contribution in [1.29, 1.82) is 0 Å². The number of carbonyl (C=O) groups excluding carboxylic acids is 5. The SMILES string of the molecule is CC(C)C(NC(=O)CN1C(=O)C=CC1=O)C(=O)N[C@@H](C)C(=O)Nc1ccc(CO)cc1. The van der Waals surface area contributed by atoms with Crippen molar-refractivity contribution in [3.8, 4) is 0 Å². The molecule has 1 aromatic rings. The van der Waals surface area contributed by atoms with Crippen molar-refractivity contribution < 1.29 is 29.1 Å². The lowest BCUT2D eigenvalue weighted by atomic mass is 10.0. The summed E-state index contributed by atoms with van der Waals surface area (Å²) in [5.41, 5.74) is 1.20. The molecule has 2 rings (SSSR count). The molecular formula is C21H26N4O6. The number of hydrogen-bond acceptors (Lipinski definition) is 6. The fourth-order valence-electron chi connectivity index (χ4n) is 2.80. The molecule has 1 aliphatic heterocycles. The third-order valence-corrected chi connectivity index (χ3v) is 4.62. The Labute approximate surface area is 179 Å². The van der Waals surface area contributed by atoms with E-state index in [9.17, 15) is 24.0 Å². The fourth-order valence-corrected chi connectivity index (χ4v) is 2.80. The van der Waals surface area contributed by atoms with Gasteiger partial charge in [0.25, 0.3) is 11.8 Å². The zero-order valence-electron chi connectivity index (χ0n) is 17.5. The summed E-state index contributed by atoms with van der Waals surface area (Å²) in [6.07, 6.45) is 2.14. The normalized spacial score (nSPS) is 15.1. The summed E-state index contributed by atoms with van der Waals surface area (Å²) >= 11 is 0. The molecule has 10 heteroatoms. The number of aliphatic hydroxyl groups excluding tert-OH is 1. The molecule has 31 heavy (non-hydrogen) atoms. The van der Waals surface area contributed by atoms with Crippen molar-refractivity contribution in [1.82, 2.24) is 15.5 Å². The number of rotatable bonds is 9. The van der Waals surface area contributed by atoms with E-state index in [2.05, 4.69) is 16.0 Å². The number of nitrogens with one attached hydrogen (secondary N) is 3. The fraction of sp³-hybridized carbons (Fsp3) is 0.381. The van der Waals surface area contributed by atoms with E-state index in [4.69, 9.17) is 5.11 Å². The summed E-state index contributed by atoms with van der Waals surface area (Å²) in [4.78, 5) is 61.2. The molecule has 0 aliphatic carbocycles. The van der Waals surface area contributed by atoms with E-state index in [0.29, 0.717) is 11.3 Å². The average molecular weight is 430 g/mol. The van der Waals surface area contributed by atoms with Gasteiger partial charge >= 0.3 is 0 Å². The Hall–Kier alpha value is -3.53. The van der Waals surface area contributed by atoms with E-state index in [1.807, 2.05) is 0 Å². The maximum absolute atomic E-state index is 12.6. The van der Waals surface area contributed by atoms with Gasteiger partial charge in [-0.15, -0.1) is 0 Å². The largest absolute Gasteiger partial charge is 0.392 e. The minimum atomic E-state index is -0.965. The van der Waals surface area contributed by atoms with E-state index in [1.54, 1.807) is 38.1 Å². The van der Waals surface area contributed by atoms with Crippen LogP contribution < -0.4 is 16.0 Å². The van der Waals surface area contributed by atoms with Crippen molar-refractivity contribution in [2.45, 2.75) is 39.5 Å². The van der Waals surface area contributed by atoms with Crippen molar-refractivity contribution in [2.75, 3.05) is 11.9 Å². The highest BCUT2D eigenvalue weighted by atomic mass is 16.3. The van der Waals surface area contributed by atoms with Gasteiger partial charge in [0.2, 0.25) is 17.7 Å². The van der Waals surface area contributed by atoms with Crippen LogP contribution in [0.15, 0.2) is 36.4 Å². The van der Waals surface area contributed by atoms with Crippen LogP contribution in [0.5, 0.6) is 0 Å². The first kappa shape index (κ1) is 23.7. The Kier molecular flexibility index (Phi) is 8.03. The van der Waals surface area contributed by atoms with Crippen LogP contribution in [0.25, 0.3) is 0 Å². The van der Waals surface area contributed by atoms with E-state index >= 15 is 0 Å². The third-order valence-electron chi connectivity index (χ3n) is 4.62. The van der Waals surface area contributed by atoms with Gasteiger partial charge in [0.1, 0.15) is 18.6 Å². The number of nitrogens with zero attached hydrogens (tertiary/aromatic N) is 1. The first-order chi connectivity index (χ1) is 14.6. The zero-order valence-corrected chi connectivity index (χ0v) is 17.5. The highest BCUT2D eigenvalue weighted by Gasteiger charge is 2.30. The molecule has 4 N–H and O–H groups in total. The van der Waals surface area contributed by atoms with Crippen molar-refractivity contribution in [2.24, 2.45) is 5.92 Å². The van der Waals surface area contributed by atoms with Crippen LogP contribution in [0.1, 0.15) is 26.3 Å². The summed E-state index contributed by atoms with van der Waals surface area (Å²) in [5.74, 6) is -3.20. The molecule has 1 aliphatic rings. The van der Waals surface area contributed by atoms with Gasteiger partial charge in [0.15, 0.2) is 0 Å². The predicted octanol–water partition coefficient (Wildman–Crippen LogP) is -0.312. The number of imide groups is 1. The Balaban J connectivity index is 1.92. The predicted molar refractivity (Wildman–Crippen MR) is 111 cm³/mol. The molecule has 0 fully saturated rings. The molecular weight excluding hydrogens is 404 g/mol. The number of aliphatic hydroxyl groups is 1. The molecule has 166 valence electrons. The molecule has 1 aromatic carbocycles. The summed E-state index contributed by atoms with van der Waals surface area (Å²) in [6, 6.07) is 4.72. The number of amides is 5. The van der Waals surface area contributed by atoms with Crippen molar-refractivity contribution >= 4 is 35.2 Å². The monoisotopic (exact) mass is 430 g/mol. The Morgan fingerprint density at radius 3 is 2.03 bits per heavy atom. The molecule has 1 heterocycles. The summed E-state index contributed by atoms with van der Waals surface area (Å²) in [6.45, 7) is 4.32. The molecule has 5 amide bonds. The molecule has 0 saturated heterocycles. The summed E-state index contributed by atoms with van der Waals surface area (Å²) in [5, 5.41) is 16.8. The van der Waals surface area contributed by atoms with Crippen molar-refractivity contribution in [3.63, 3.8) is 0 Å². The van der Waals surface area contributed by atoms with E-state index in [0.717, 1.165) is 17.1 Å². The maximum Gasteiger partial charge on any atom is 0.254 e. The lowest BCUT2D eigenvalue weighted by Crippen LogP contribution is -2.55. The van der Waals surface area contributed by atoms with E-state index < -0.39 is 48.2 Å². The molecule has 0 bridgehead atoms. The lowest BCUT2D eigenvalue weighted by Gasteiger charge is -2.24. The highest BCUT2D eigenvalue weighted by molar-refractivity contribution is 6.14. The summed E-state index contributed by atoms with van der Waals surface area (Å²) in [7, 11) is 0. The Morgan fingerprint density at radius 2 is 1.52 bits per heavy atom. The van der Waals surface area contributed by atoms with E-state index in [-0.39, 0.29) is 12.5 Å². The minimum absolute atomic E-state index is 0.112. The van der Waals surface area contributed by atoms with Gasteiger partial charge in [0, 0.05) is 17.8 Å². The molecule has 0 spiro atoms. The smallest absolute Gasteiger partial charge is 0.254 e. The zero-order chi connectivity index (χ0) is 23.1. The topological polar surface area (TPSA) is 145 Å². The lowest BCUT2D eigenvalue weighted by molar-refractivity contribution is -0.141. The Bertz CT molecular complexity index is 876. The van der Waals surface area contributed by atoms with Crippen LogP contribution >= 0.6 is 0 Å². The number of carbonyl (C=O) groups is 5. The van der Waals surface area contributed by atoms with Crippen molar-refractivity contribution in [3.05, 3.63) is 42.0 Å². The second-order valence-electron chi connectivity index (χ2n) is 7.46. The van der Waals surface area contributed by atoms with E-state index in [1.165, 1.54) is 6.92 Å². The number of hydrogen-bond donors (Lipinski definition) is 4. The number of benzene rings is 1. The van der Waals surface area contributed by atoms with Gasteiger partial charge in [0.05, 0.1) is 6.61 Å².